The van der Waals surface area contributed by atoms with Crippen molar-refractivity contribution in [1.82, 2.24) is 4.90 Å². The van der Waals surface area contributed by atoms with Gasteiger partial charge in [0.1, 0.15) is 6.04 Å². The number of nitrogens with zero attached hydrogens (tertiary/aromatic N) is 1. The summed E-state index contributed by atoms with van der Waals surface area (Å²) in [5.41, 5.74) is 0. The Balaban J connectivity index is 2.36. The summed E-state index contributed by atoms with van der Waals surface area (Å²) in [6.45, 7) is 0.662. The number of aliphatic carboxylic acids is 2. The van der Waals surface area contributed by atoms with E-state index in [-0.39, 0.29) is 6.42 Å². The molecule has 2 N–H and O–H groups in total. The lowest BCUT2D eigenvalue weighted by molar-refractivity contribution is -0.149. The van der Waals surface area contributed by atoms with Gasteiger partial charge in [0.15, 0.2) is 0 Å². The van der Waals surface area contributed by atoms with Gasteiger partial charge in [-0.15, -0.1) is 0 Å². The standard InChI is InChI=1S/C11H19NO4/c1-12(6-5-8-3-2-4-8)9(11(15)16)7-10(13)14/h8-9H,2-7H2,1H3,(H,13,14)(H,15,16). The van der Waals surface area contributed by atoms with E-state index in [1.165, 1.54) is 19.3 Å². The van der Waals surface area contributed by atoms with E-state index in [0.717, 1.165) is 6.42 Å². The van der Waals surface area contributed by atoms with Crippen LogP contribution in [0.3, 0.4) is 0 Å². The van der Waals surface area contributed by atoms with E-state index < -0.39 is 18.0 Å². The number of hydrogen-bond acceptors (Lipinski definition) is 3. The molecule has 92 valence electrons. The molecule has 0 aromatic heterocycles. The molecule has 0 amide bonds. The molecule has 1 aliphatic carbocycles. The first kappa shape index (κ1) is 13.0. The van der Waals surface area contributed by atoms with Crippen molar-refractivity contribution in [2.75, 3.05) is 13.6 Å². The normalized spacial score (nSPS) is 18.1. The smallest absolute Gasteiger partial charge is 0.321 e. The van der Waals surface area contributed by atoms with E-state index in [1.807, 2.05) is 0 Å². The van der Waals surface area contributed by atoms with Gasteiger partial charge in [-0.3, -0.25) is 14.5 Å². The van der Waals surface area contributed by atoms with Gasteiger partial charge in [0, 0.05) is 0 Å². The Morgan fingerprint density at radius 3 is 2.38 bits per heavy atom. The van der Waals surface area contributed by atoms with Crippen LogP contribution in [0.5, 0.6) is 0 Å². The summed E-state index contributed by atoms with van der Waals surface area (Å²) < 4.78 is 0. The first-order chi connectivity index (χ1) is 7.50. The largest absolute Gasteiger partial charge is 0.481 e. The van der Waals surface area contributed by atoms with Crippen molar-refractivity contribution in [3.63, 3.8) is 0 Å². The molecule has 1 unspecified atom stereocenters. The summed E-state index contributed by atoms with van der Waals surface area (Å²) in [5, 5.41) is 17.6. The average Bonchev–Trinajstić information content (AvgIpc) is 2.10. The Labute approximate surface area is 95.1 Å². The first-order valence-corrected chi connectivity index (χ1v) is 5.65. The topological polar surface area (TPSA) is 77.8 Å². The molecule has 0 aliphatic heterocycles. The number of carbonyl (C=O) groups is 2. The Hall–Kier alpha value is -1.10. The van der Waals surface area contributed by atoms with E-state index in [2.05, 4.69) is 0 Å². The van der Waals surface area contributed by atoms with Gasteiger partial charge in [-0.2, -0.15) is 0 Å². The lowest BCUT2D eigenvalue weighted by Gasteiger charge is -2.29. The van der Waals surface area contributed by atoms with Gasteiger partial charge in [0.05, 0.1) is 6.42 Å². The van der Waals surface area contributed by atoms with Crippen LogP contribution in [0.15, 0.2) is 0 Å². The summed E-state index contributed by atoms with van der Waals surface area (Å²) in [6, 6.07) is -0.905. The third kappa shape index (κ3) is 3.81. The first-order valence-electron chi connectivity index (χ1n) is 5.65. The second kappa shape index (κ2) is 5.84. The molecule has 1 aliphatic rings. The SMILES string of the molecule is CN(CCC1CCC1)C(CC(=O)O)C(=O)O. The highest BCUT2D eigenvalue weighted by atomic mass is 16.4. The van der Waals surface area contributed by atoms with Gasteiger partial charge in [0.2, 0.25) is 0 Å². The van der Waals surface area contributed by atoms with Crippen molar-refractivity contribution in [1.29, 1.82) is 0 Å². The lowest BCUT2D eigenvalue weighted by atomic mass is 9.83. The predicted octanol–water partition coefficient (Wildman–Crippen LogP) is 1.04. The zero-order chi connectivity index (χ0) is 12.1. The van der Waals surface area contributed by atoms with Gasteiger partial charge >= 0.3 is 11.9 Å². The molecule has 5 nitrogen and oxygen atoms in total. The van der Waals surface area contributed by atoms with Crippen LogP contribution < -0.4 is 0 Å². The van der Waals surface area contributed by atoms with Crippen LogP contribution in [0.4, 0.5) is 0 Å². The number of rotatable bonds is 7. The second-order valence-corrected chi connectivity index (χ2v) is 4.52. The Morgan fingerprint density at radius 2 is 2.00 bits per heavy atom. The van der Waals surface area contributed by atoms with Crippen molar-refractivity contribution >= 4 is 11.9 Å². The van der Waals surface area contributed by atoms with Crippen molar-refractivity contribution in [2.45, 2.75) is 38.1 Å². The number of likely N-dealkylation sites (N-methyl/N-ethyl adjacent to an activating group) is 1. The molecule has 5 heteroatoms. The minimum absolute atomic E-state index is 0.337. The Bertz CT molecular complexity index is 263. The van der Waals surface area contributed by atoms with E-state index in [4.69, 9.17) is 10.2 Å². The van der Waals surface area contributed by atoms with Crippen LogP contribution >= 0.6 is 0 Å². The van der Waals surface area contributed by atoms with Crippen LogP contribution in [0.2, 0.25) is 0 Å². The summed E-state index contributed by atoms with van der Waals surface area (Å²) in [5.74, 6) is -1.41. The van der Waals surface area contributed by atoms with Crippen LogP contribution in [0, 0.1) is 5.92 Å². The van der Waals surface area contributed by atoms with Crippen LogP contribution in [0.1, 0.15) is 32.1 Å². The highest BCUT2D eigenvalue weighted by Gasteiger charge is 2.26. The molecule has 1 rings (SSSR count). The number of carboxylic acid groups (broad SMARTS) is 2. The Kier molecular flexibility index (Phi) is 4.73. The summed E-state index contributed by atoms with van der Waals surface area (Å²) in [7, 11) is 1.68. The number of hydrogen-bond donors (Lipinski definition) is 2. The molecule has 1 saturated carbocycles. The maximum Gasteiger partial charge on any atom is 0.321 e. The van der Waals surface area contributed by atoms with E-state index in [9.17, 15) is 9.59 Å². The summed E-state index contributed by atoms with van der Waals surface area (Å²) in [6.07, 6.45) is 4.36. The van der Waals surface area contributed by atoms with Crippen LogP contribution in [-0.2, 0) is 9.59 Å². The fourth-order valence-electron chi connectivity index (χ4n) is 1.92. The lowest BCUT2D eigenvalue weighted by Crippen LogP contribution is -2.41. The van der Waals surface area contributed by atoms with Gasteiger partial charge in [-0.25, -0.2) is 0 Å². The molecule has 0 spiro atoms. The van der Waals surface area contributed by atoms with Crippen LogP contribution in [0.25, 0.3) is 0 Å². The average molecular weight is 229 g/mol. The monoisotopic (exact) mass is 229 g/mol. The molecule has 0 radical (unpaired) electrons. The summed E-state index contributed by atoms with van der Waals surface area (Å²) in [4.78, 5) is 23.1. The van der Waals surface area contributed by atoms with E-state index in [0.29, 0.717) is 12.5 Å². The molecule has 0 aromatic rings. The fraction of sp³-hybridized carbons (Fsp3) is 0.818. The maximum atomic E-state index is 10.9. The van der Waals surface area contributed by atoms with Gasteiger partial charge < -0.3 is 10.2 Å². The fourth-order valence-corrected chi connectivity index (χ4v) is 1.92. The van der Waals surface area contributed by atoms with Crippen molar-refractivity contribution in [2.24, 2.45) is 5.92 Å². The molecule has 0 aromatic carbocycles. The minimum Gasteiger partial charge on any atom is -0.481 e. The Morgan fingerprint density at radius 1 is 1.38 bits per heavy atom. The molecule has 0 saturated heterocycles. The molecule has 1 fully saturated rings. The molecule has 0 bridgehead atoms. The summed E-state index contributed by atoms with van der Waals surface area (Å²) >= 11 is 0. The van der Waals surface area contributed by atoms with E-state index in [1.54, 1.807) is 11.9 Å². The zero-order valence-electron chi connectivity index (χ0n) is 9.56. The molecular weight excluding hydrogens is 210 g/mol. The van der Waals surface area contributed by atoms with Crippen molar-refractivity contribution < 1.29 is 19.8 Å². The second-order valence-electron chi connectivity index (χ2n) is 4.52. The van der Waals surface area contributed by atoms with Crippen LogP contribution in [-0.4, -0.2) is 46.7 Å². The third-order valence-electron chi connectivity index (χ3n) is 3.30. The van der Waals surface area contributed by atoms with Crippen molar-refractivity contribution in [3.8, 4) is 0 Å². The predicted molar refractivity (Wildman–Crippen MR) is 58.3 cm³/mol. The van der Waals surface area contributed by atoms with Gasteiger partial charge in [-0.05, 0) is 25.9 Å². The molecule has 16 heavy (non-hydrogen) atoms. The third-order valence-corrected chi connectivity index (χ3v) is 3.30. The van der Waals surface area contributed by atoms with E-state index >= 15 is 0 Å². The van der Waals surface area contributed by atoms with Crippen molar-refractivity contribution in [3.05, 3.63) is 0 Å². The van der Waals surface area contributed by atoms with Gasteiger partial charge in [0.25, 0.3) is 0 Å². The molecular formula is C11H19NO4. The molecule has 1 atom stereocenters. The molecule has 0 heterocycles. The number of carboxylic acids is 2. The maximum absolute atomic E-state index is 10.9. The minimum atomic E-state index is -1.07. The van der Waals surface area contributed by atoms with Gasteiger partial charge in [-0.1, -0.05) is 19.3 Å². The highest BCUT2D eigenvalue weighted by Crippen LogP contribution is 2.29. The quantitative estimate of drug-likeness (QED) is 0.682. The highest BCUT2D eigenvalue weighted by molar-refractivity contribution is 5.80. The zero-order valence-corrected chi connectivity index (χ0v) is 9.56.